The van der Waals surface area contributed by atoms with E-state index in [1.54, 1.807) is 17.5 Å². The molecule has 5 nitrogen and oxygen atoms in total. The molecule has 0 saturated carbocycles. The van der Waals surface area contributed by atoms with Crippen molar-refractivity contribution in [1.82, 2.24) is 14.9 Å². The van der Waals surface area contributed by atoms with Gasteiger partial charge < -0.3 is 9.64 Å². The zero-order chi connectivity index (χ0) is 17.9. The summed E-state index contributed by atoms with van der Waals surface area (Å²) in [5, 5.41) is 1.02. The van der Waals surface area contributed by atoms with E-state index in [1.807, 2.05) is 48.4 Å². The first-order chi connectivity index (χ1) is 12.7. The molecule has 0 bridgehead atoms. The molecule has 1 aliphatic rings. The van der Waals surface area contributed by atoms with Crippen LogP contribution in [0.4, 0.5) is 0 Å². The smallest absolute Gasteiger partial charge is 0.254 e. The number of hydrogen-bond donors (Lipinski definition) is 0. The highest BCUT2D eigenvalue weighted by Gasteiger charge is 2.25. The molecular weight excluding hydrogens is 346 g/mol. The molecule has 6 heteroatoms. The number of piperidine rings is 1. The number of pyridine rings is 1. The fourth-order valence-corrected chi connectivity index (χ4v) is 4.12. The standard InChI is InChI=1S/C20H21N3O2S/c1-14-22-18-10-16(6-7-19(18)26-14)20(24)23-9-3-5-17(12-23)25-13-15-4-2-8-21-11-15/h2,4,6-8,10-11,17H,3,5,9,12-13H2,1H3/t17-/m1/s1. The molecule has 0 N–H and O–H groups in total. The first kappa shape index (κ1) is 17.1. The zero-order valence-electron chi connectivity index (χ0n) is 14.7. The van der Waals surface area contributed by atoms with Gasteiger partial charge in [-0.2, -0.15) is 0 Å². The van der Waals surface area contributed by atoms with Crippen molar-refractivity contribution in [3.63, 3.8) is 0 Å². The molecule has 2 aromatic heterocycles. The molecule has 26 heavy (non-hydrogen) atoms. The van der Waals surface area contributed by atoms with Gasteiger partial charge in [0.1, 0.15) is 0 Å². The number of nitrogens with zero attached hydrogens (tertiary/aromatic N) is 3. The lowest BCUT2D eigenvalue weighted by atomic mass is 10.1. The van der Waals surface area contributed by atoms with Gasteiger partial charge in [0.25, 0.3) is 5.91 Å². The summed E-state index contributed by atoms with van der Waals surface area (Å²) in [5.74, 6) is 0.0623. The van der Waals surface area contributed by atoms with Crippen molar-refractivity contribution in [2.24, 2.45) is 0 Å². The maximum atomic E-state index is 12.9. The largest absolute Gasteiger partial charge is 0.372 e. The van der Waals surface area contributed by atoms with Crippen molar-refractivity contribution in [3.8, 4) is 0 Å². The second-order valence-corrected chi connectivity index (χ2v) is 7.84. The minimum Gasteiger partial charge on any atom is -0.372 e. The molecule has 0 radical (unpaired) electrons. The third-order valence-corrected chi connectivity index (χ3v) is 5.57. The van der Waals surface area contributed by atoms with E-state index in [0.717, 1.165) is 40.2 Å². The first-order valence-corrected chi connectivity index (χ1v) is 9.68. The lowest BCUT2D eigenvalue weighted by Crippen LogP contribution is -2.43. The van der Waals surface area contributed by atoms with Crippen LogP contribution in [-0.2, 0) is 11.3 Å². The molecule has 0 unspecified atom stereocenters. The van der Waals surface area contributed by atoms with E-state index in [-0.39, 0.29) is 12.0 Å². The molecule has 134 valence electrons. The number of hydrogen-bond acceptors (Lipinski definition) is 5. The van der Waals surface area contributed by atoms with Crippen LogP contribution < -0.4 is 0 Å². The van der Waals surface area contributed by atoms with Crippen LogP contribution in [0.15, 0.2) is 42.7 Å². The monoisotopic (exact) mass is 367 g/mol. The Balaban J connectivity index is 1.41. The summed E-state index contributed by atoms with van der Waals surface area (Å²) in [7, 11) is 0. The Bertz CT molecular complexity index is 910. The Kier molecular flexibility index (Phi) is 4.95. The summed E-state index contributed by atoms with van der Waals surface area (Å²) >= 11 is 1.65. The van der Waals surface area contributed by atoms with Gasteiger partial charge >= 0.3 is 0 Å². The number of carbonyl (C=O) groups excluding carboxylic acids is 1. The van der Waals surface area contributed by atoms with Gasteiger partial charge in [0.2, 0.25) is 0 Å². The summed E-state index contributed by atoms with van der Waals surface area (Å²) in [5.41, 5.74) is 2.66. The van der Waals surface area contributed by atoms with Gasteiger partial charge in [-0.1, -0.05) is 6.07 Å². The van der Waals surface area contributed by atoms with E-state index >= 15 is 0 Å². The van der Waals surface area contributed by atoms with E-state index in [9.17, 15) is 4.79 Å². The molecule has 1 atom stereocenters. The van der Waals surface area contributed by atoms with Gasteiger partial charge in [0.15, 0.2) is 0 Å². The normalized spacial score (nSPS) is 17.6. The number of rotatable bonds is 4. The topological polar surface area (TPSA) is 55.3 Å². The molecule has 1 fully saturated rings. The Morgan fingerprint density at radius 2 is 2.31 bits per heavy atom. The Labute approximate surface area is 156 Å². The van der Waals surface area contributed by atoms with Crippen LogP contribution in [0, 0.1) is 6.92 Å². The second-order valence-electron chi connectivity index (χ2n) is 6.60. The van der Waals surface area contributed by atoms with Crippen molar-refractivity contribution in [2.45, 2.75) is 32.5 Å². The third kappa shape index (κ3) is 3.76. The highest BCUT2D eigenvalue weighted by atomic mass is 32.1. The van der Waals surface area contributed by atoms with E-state index < -0.39 is 0 Å². The molecule has 1 aromatic carbocycles. The van der Waals surface area contributed by atoms with Gasteiger partial charge in [-0.05, 0) is 49.6 Å². The van der Waals surface area contributed by atoms with Crippen LogP contribution in [0.2, 0.25) is 0 Å². The van der Waals surface area contributed by atoms with Gasteiger partial charge in [0.05, 0.1) is 27.9 Å². The number of amides is 1. The number of likely N-dealkylation sites (tertiary alicyclic amines) is 1. The minimum absolute atomic E-state index is 0.0623. The van der Waals surface area contributed by atoms with E-state index in [1.165, 1.54) is 0 Å². The predicted molar refractivity (Wildman–Crippen MR) is 102 cm³/mol. The summed E-state index contributed by atoms with van der Waals surface area (Å²) < 4.78 is 7.13. The molecule has 1 saturated heterocycles. The zero-order valence-corrected chi connectivity index (χ0v) is 15.5. The number of aromatic nitrogens is 2. The average molecular weight is 367 g/mol. The van der Waals surface area contributed by atoms with Crippen molar-refractivity contribution in [1.29, 1.82) is 0 Å². The predicted octanol–water partition coefficient (Wildman–Crippen LogP) is 3.82. The Morgan fingerprint density at radius 3 is 3.15 bits per heavy atom. The SMILES string of the molecule is Cc1nc2cc(C(=O)N3CCC[C@@H](OCc4cccnc4)C3)ccc2s1. The average Bonchev–Trinajstić information content (AvgIpc) is 3.06. The fourth-order valence-electron chi connectivity index (χ4n) is 3.31. The van der Waals surface area contributed by atoms with Gasteiger partial charge in [-0.3, -0.25) is 9.78 Å². The molecular formula is C20H21N3O2S. The van der Waals surface area contributed by atoms with Gasteiger partial charge in [-0.25, -0.2) is 4.98 Å². The van der Waals surface area contributed by atoms with Crippen LogP contribution in [-0.4, -0.2) is 40.0 Å². The maximum absolute atomic E-state index is 12.9. The lowest BCUT2D eigenvalue weighted by Gasteiger charge is -2.32. The number of ether oxygens (including phenoxy) is 1. The summed E-state index contributed by atoms with van der Waals surface area (Å²) in [6.07, 6.45) is 5.58. The van der Waals surface area contributed by atoms with Crippen LogP contribution in [0.1, 0.15) is 33.8 Å². The van der Waals surface area contributed by atoms with E-state index in [0.29, 0.717) is 18.7 Å². The van der Waals surface area contributed by atoms with Crippen molar-refractivity contribution in [3.05, 3.63) is 58.9 Å². The van der Waals surface area contributed by atoms with Crippen LogP contribution in [0.3, 0.4) is 0 Å². The molecule has 3 aromatic rings. The van der Waals surface area contributed by atoms with Gasteiger partial charge in [-0.15, -0.1) is 11.3 Å². The fraction of sp³-hybridized carbons (Fsp3) is 0.350. The summed E-state index contributed by atoms with van der Waals surface area (Å²) in [4.78, 5) is 23.4. The van der Waals surface area contributed by atoms with E-state index in [2.05, 4.69) is 9.97 Å². The highest BCUT2D eigenvalue weighted by Crippen LogP contribution is 2.24. The van der Waals surface area contributed by atoms with Crippen LogP contribution in [0.25, 0.3) is 10.2 Å². The summed E-state index contributed by atoms with van der Waals surface area (Å²) in [6, 6.07) is 9.72. The van der Waals surface area contributed by atoms with Crippen molar-refractivity contribution in [2.75, 3.05) is 13.1 Å². The Hall–Kier alpha value is -2.31. The molecule has 0 spiro atoms. The van der Waals surface area contributed by atoms with E-state index in [4.69, 9.17) is 4.74 Å². The summed E-state index contributed by atoms with van der Waals surface area (Å²) in [6.45, 7) is 3.93. The second kappa shape index (κ2) is 7.51. The maximum Gasteiger partial charge on any atom is 0.254 e. The molecule has 0 aliphatic carbocycles. The van der Waals surface area contributed by atoms with Gasteiger partial charge in [0, 0.05) is 31.0 Å². The number of thiazole rings is 1. The number of carbonyl (C=O) groups is 1. The molecule has 1 amide bonds. The van der Waals surface area contributed by atoms with Crippen molar-refractivity contribution >= 4 is 27.5 Å². The highest BCUT2D eigenvalue weighted by molar-refractivity contribution is 7.18. The first-order valence-electron chi connectivity index (χ1n) is 8.86. The Morgan fingerprint density at radius 1 is 1.38 bits per heavy atom. The van der Waals surface area contributed by atoms with Crippen LogP contribution in [0.5, 0.6) is 0 Å². The molecule has 3 heterocycles. The quantitative estimate of drug-likeness (QED) is 0.703. The third-order valence-electron chi connectivity index (χ3n) is 4.62. The van der Waals surface area contributed by atoms with Crippen molar-refractivity contribution < 1.29 is 9.53 Å². The number of fused-ring (bicyclic) bond motifs is 1. The number of benzene rings is 1. The lowest BCUT2D eigenvalue weighted by molar-refractivity contribution is -0.00680. The van der Waals surface area contributed by atoms with Crippen LogP contribution >= 0.6 is 11.3 Å². The molecule has 1 aliphatic heterocycles. The minimum atomic E-state index is 0.0623. The molecule has 4 rings (SSSR count). The number of aryl methyl sites for hydroxylation is 1.